The Morgan fingerprint density at radius 3 is 2.60 bits per heavy atom. The van der Waals surface area contributed by atoms with Crippen LogP contribution in [0.25, 0.3) is 0 Å². The number of likely N-dealkylation sites (tertiary alicyclic amines) is 1. The SMILES string of the molecule is CN1CCC(OCCCNC2CC2)CC1. The van der Waals surface area contributed by atoms with Gasteiger partial charge in [-0.15, -0.1) is 0 Å². The molecule has 2 aliphatic rings. The largest absolute Gasteiger partial charge is 0.378 e. The zero-order valence-electron chi connectivity index (χ0n) is 9.87. The van der Waals surface area contributed by atoms with Crippen molar-refractivity contribution in [3.63, 3.8) is 0 Å². The summed E-state index contributed by atoms with van der Waals surface area (Å²) in [7, 11) is 2.19. The van der Waals surface area contributed by atoms with Gasteiger partial charge < -0.3 is 15.0 Å². The summed E-state index contributed by atoms with van der Waals surface area (Å²) in [6.45, 7) is 4.47. The average Bonchev–Trinajstić information content (AvgIpc) is 3.04. The molecular weight excluding hydrogens is 188 g/mol. The molecule has 0 aromatic heterocycles. The minimum Gasteiger partial charge on any atom is -0.378 e. The van der Waals surface area contributed by atoms with E-state index in [-0.39, 0.29) is 0 Å². The fourth-order valence-electron chi connectivity index (χ4n) is 2.07. The van der Waals surface area contributed by atoms with Crippen LogP contribution in [0.3, 0.4) is 0 Å². The Bertz CT molecular complexity index is 174. The molecule has 0 radical (unpaired) electrons. The molecule has 1 aliphatic heterocycles. The van der Waals surface area contributed by atoms with Crippen molar-refractivity contribution in [3.05, 3.63) is 0 Å². The molecule has 2 fully saturated rings. The molecule has 0 spiro atoms. The van der Waals surface area contributed by atoms with Crippen LogP contribution in [0.4, 0.5) is 0 Å². The van der Waals surface area contributed by atoms with E-state index >= 15 is 0 Å². The van der Waals surface area contributed by atoms with E-state index in [1.165, 1.54) is 45.2 Å². The molecule has 1 saturated heterocycles. The van der Waals surface area contributed by atoms with Gasteiger partial charge in [0.05, 0.1) is 6.10 Å². The van der Waals surface area contributed by atoms with Crippen LogP contribution in [-0.4, -0.2) is 50.3 Å². The second-order valence-corrected chi connectivity index (χ2v) is 4.96. The van der Waals surface area contributed by atoms with Gasteiger partial charge in [-0.25, -0.2) is 0 Å². The van der Waals surface area contributed by atoms with Gasteiger partial charge in [0.15, 0.2) is 0 Å². The first-order chi connectivity index (χ1) is 7.34. The molecule has 3 heteroatoms. The quantitative estimate of drug-likeness (QED) is 0.670. The summed E-state index contributed by atoms with van der Waals surface area (Å²) in [6.07, 6.45) is 6.90. The van der Waals surface area contributed by atoms with Crippen molar-refractivity contribution < 1.29 is 4.74 Å². The van der Waals surface area contributed by atoms with Crippen LogP contribution in [0, 0.1) is 0 Å². The molecule has 0 bridgehead atoms. The molecular formula is C12H24N2O. The number of nitrogens with zero attached hydrogens (tertiary/aromatic N) is 1. The van der Waals surface area contributed by atoms with Gasteiger partial charge in [-0.05, 0) is 45.7 Å². The van der Waals surface area contributed by atoms with Crippen molar-refractivity contribution in [2.45, 2.75) is 44.2 Å². The number of hydrogen-bond acceptors (Lipinski definition) is 3. The Balaban J connectivity index is 1.43. The Morgan fingerprint density at radius 1 is 1.20 bits per heavy atom. The van der Waals surface area contributed by atoms with Crippen LogP contribution < -0.4 is 5.32 Å². The van der Waals surface area contributed by atoms with Gasteiger partial charge in [0.25, 0.3) is 0 Å². The third kappa shape index (κ3) is 4.49. The topological polar surface area (TPSA) is 24.5 Å². The summed E-state index contributed by atoms with van der Waals surface area (Å²) in [4.78, 5) is 2.38. The van der Waals surface area contributed by atoms with E-state index in [0.717, 1.165) is 19.2 Å². The van der Waals surface area contributed by atoms with Crippen molar-refractivity contribution in [1.82, 2.24) is 10.2 Å². The second-order valence-electron chi connectivity index (χ2n) is 4.96. The summed E-state index contributed by atoms with van der Waals surface area (Å²) in [6, 6.07) is 0.841. The Morgan fingerprint density at radius 2 is 1.93 bits per heavy atom. The maximum absolute atomic E-state index is 5.87. The minimum absolute atomic E-state index is 0.530. The molecule has 15 heavy (non-hydrogen) atoms. The first kappa shape index (κ1) is 11.4. The molecule has 1 N–H and O–H groups in total. The molecule has 0 aromatic carbocycles. The number of piperidine rings is 1. The summed E-state index contributed by atoms with van der Waals surface area (Å²) in [5.74, 6) is 0. The van der Waals surface area contributed by atoms with E-state index in [1.54, 1.807) is 0 Å². The summed E-state index contributed by atoms with van der Waals surface area (Å²) >= 11 is 0. The maximum atomic E-state index is 5.87. The van der Waals surface area contributed by atoms with Crippen molar-refractivity contribution >= 4 is 0 Å². The van der Waals surface area contributed by atoms with E-state index in [0.29, 0.717) is 6.10 Å². The molecule has 1 saturated carbocycles. The van der Waals surface area contributed by atoms with E-state index < -0.39 is 0 Å². The summed E-state index contributed by atoms with van der Waals surface area (Å²) in [5.41, 5.74) is 0. The molecule has 1 heterocycles. The van der Waals surface area contributed by atoms with Crippen LogP contribution in [0.15, 0.2) is 0 Å². The van der Waals surface area contributed by atoms with Gasteiger partial charge in [0, 0.05) is 25.7 Å². The molecule has 3 nitrogen and oxygen atoms in total. The normalized spacial score (nSPS) is 24.6. The lowest BCUT2D eigenvalue weighted by Gasteiger charge is -2.28. The van der Waals surface area contributed by atoms with Crippen molar-refractivity contribution in [1.29, 1.82) is 0 Å². The van der Waals surface area contributed by atoms with Gasteiger partial charge in [0.1, 0.15) is 0 Å². The number of ether oxygens (including phenoxy) is 1. The van der Waals surface area contributed by atoms with Gasteiger partial charge in [-0.2, -0.15) is 0 Å². The fourth-order valence-corrected chi connectivity index (χ4v) is 2.07. The predicted octanol–water partition coefficient (Wildman–Crippen LogP) is 1.24. The van der Waals surface area contributed by atoms with E-state index in [4.69, 9.17) is 4.74 Å². The van der Waals surface area contributed by atoms with Crippen LogP contribution in [0.1, 0.15) is 32.1 Å². The summed E-state index contributed by atoms with van der Waals surface area (Å²) < 4.78 is 5.87. The Hall–Kier alpha value is -0.120. The molecule has 0 amide bonds. The van der Waals surface area contributed by atoms with Gasteiger partial charge in [-0.1, -0.05) is 0 Å². The number of hydrogen-bond donors (Lipinski definition) is 1. The first-order valence-corrected chi connectivity index (χ1v) is 6.38. The number of rotatable bonds is 6. The fraction of sp³-hybridized carbons (Fsp3) is 1.00. The third-order valence-electron chi connectivity index (χ3n) is 3.35. The maximum Gasteiger partial charge on any atom is 0.0599 e. The van der Waals surface area contributed by atoms with Crippen molar-refractivity contribution in [2.75, 3.05) is 33.3 Å². The summed E-state index contributed by atoms with van der Waals surface area (Å²) in [5, 5.41) is 3.51. The lowest BCUT2D eigenvalue weighted by molar-refractivity contribution is 0.0116. The molecule has 0 aromatic rings. The standard InChI is InChI=1S/C12H24N2O/c1-14-8-5-12(6-9-14)15-10-2-7-13-11-3-4-11/h11-13H,2-10H2,1H3. The molecule has 1 aliphatic carbocycles. The Labute approximate surface area is 93.2 Å². The van der Waals surface area contributed by atoms with Crippen molar-refractivity contribution in [2.24, 2.45) is 0 Å². The highest BCUT2D eigenvalue weighted by Gasteiger charge is 2.20. The van der Waals surface area contributed by atoms with Crippen LogP contribution in [0.5, 0.6) is 0 Å². The highest BCUT2D eigenvalue weighted by molar-refractivity contribution is 4.80. The van der Waals surface area contributed by atoms with Crippen LogP contribution in [-0.2, 0) is 4.74 Å². The van der Waals surface area contributed by atoms with Gasteiger partial charge >= 0.3 is 0 Å². The van der Waals surface area contributed by atoms with Crippen LogP contribution >= 0.6 is 0 Å². The zero-order valence-corrected chi connectivity index (χ0v) is 9.87. The van der Waals surface area contributed by atoms with E-state index in [1.807, 2.05) is 0 Å². The molecule has 88 valence electrons. The van der Waals surface area contributed by atoms with E-state index in [9.17, 15) is 0 Å². The lowest BCUT2D eigenvalue weighted by atomic mass is 10.1. The van der Waals surface area contributed by atoms with Gasteiger partial charge in [-0.3, -0.25) is 0 Å². The third-order valence-corrected chi connectivity index (χ3v) is 3.35. The molecule has 0 unspecified atom stereocenters. The van der Waals surface area contributed by atoms with Crippen molar-refractivity contribution in [3.8, 4) is 0 Å². The van der Waals surface area contributed by atoms with E-state index in [2.05, 4.69) is 17.3 Å². The van der Waals surface area contributed by atoms with Gasteiger partial charge in [0.2, 0.25) is 0 Å². The molecule has 0 atom stereocenters. The first-order valence-electron chi connectivity index (χ1n) is 6.38. The van der Waals surface area contributed by atoms with Crippen LogP contribution in [0.2, 0.25) is 0 Å². The second kappa shape index (κ2) is 5.83. The predicted molar refractivity (Wildman–Crippen MR) is 62.1 cm³/mol. The smallest absolute Gasteiger partial charge is 0.0599 e. The highest BCUT2D eigenvalue weighted by atomic mass is 16.5. The highest BCUT2D eigenvalue weighted by Crippen LogP contribution is 2.18. The number of nitrogens with one attached hydrogen (secondary N) is 1. The average molecular weight is 212 g/mol. The minimum atomic E-state index is 0.530. The monoisotopic (exact) mass is 212 g/mol. The zero-order chi connectivity index (χ0) is 10.5. The molecule has 2 rings (SSSR count). The lowest BCUT2D eigenvalue weighted by Crippen LogP contribution is -2.34. The Kier molecular flexibility index (Phi) is 4.42.